The molecular formula is C58H38N6. The van der Waals surface area contributed by atoms with Gasteiger partial charge in [0.05, 0.1) is 33.7 Å². The van der Waals surface area contributed by atoms with Gasteiger partial charge in [-0.2, -0.15) is 5.26 Å². The summed E-state index contributed by atoms with van der Waals surface area (Å²) < 4.78 is 4.78. The quantitative estimate of drug-likeness (QED) is 0.161. The van der Waals surface area contributed by atoms with Gasteiger partial charge in [-0.05, 0) is 96.3 Å². The first-order chi connectivity index (χ1) is 31.7. The van der Waals surface area contributed by atoms with Crippen molar-refractivity contribution in [1.29, 1.82) is 5.26 Å². The average molecular weight is 819 g/mol. The Morgan fingerprint density at radius 2 is 0.984 bits per heavy atom. The van der Waals surface area contributed by atoms with Crippen molar-refractivity contribution in [3.63, 3.8) is 0 Å². The smallest absolute Gasteiger partial charge is 0.164 e. The van der Waals surface area contributed by atoms with Gasteiger partial charge >= 0.3 is 0 Å². The zero-order chi connectivity index (χ0) is 42.6. The molecule has 11 aromatic rings. The first-order valence-corrected chi connectivity index (χ1v) is 21.6. The highest BCUT2D eigenvalue weighted by Crippen LogP contribution is 2.43. The maximum absolute atomic E-state index is 10.6. The van der Waals surface area contributed by atoms with Gasteiger partial charge in [0.15, 0.2) is 17.5 Å². The van der Waals surface area contributed by atoms with Crippen LogP contribution >= 0.6 is 0 Å². The van der Waals surface area contributed by atoms with Crippen LogP contribution in [0, 0.1) is 11.3 Å². The van der Waals surface area contributed by atoms with Crippen LogP contribution in [0.4, 0.5) is 0 Å². The molecule has 0 amide bonds. The Labute approximate surface area is 370 Å². The van der Waals surface area contributed by atoms with Crippen molar-refractivity contribution >= 4 is 54.9 Å². The Kier molecular flexibility index (Phi) is 8.91. The molecule has 0 fully saturated rings. The van der Waals surface area contributed by atoms with Crippen molar-refractivity contribution in [2.24, 2.45) is 0 Å². The summed E-state index contributed by atoms with van der Waals surface area (Å²) in [6.45, 7) is 0. The molecule has 0 saturated heterocycles. The van der Waals surface area contributed by atoms with Crippen molar-refractivity contribution in [2.75, 3.05) is 0 Å². The van der Waals surface area contributed by atoms with Crippen LogP contribution in [0.15, 0.2) is 206 Å². The third-order valence-electron chi connectivity index (χ3n) is 12.6. The summed E-state index contributed by atoms with van der Waals surface area (Å²) in [6, 6.07) is 69.7. The van der Waals surface area contributed by atoms with Crippen LogP contribution in [0.25, 0.3) is 106 Å². The van der Waals surface area contributed by atoms with E-state index in [0.717, 1.165) is 68.2 Å². The Morgan fingerprint density at radius 3 is 1.66 bits per heavy atom. The van der Waals surface area contributed by atoms with E-state index < -0.39 is 0 Å². The van der Waals surface area contributed by atoms with Gasteiger partial charge in [-0.25, -0.2) is 15.0 Å². The molecule has 0 radical (unpaired) electrons. The Hall–Kier alpha value is -8.66. The van der Waals surface area contributed by atoms with Crippen LogP contribution in [0.3, 0.4) is 0 Å². The molecule has 6 nitrogen and oxygen atoms in total. The lowest BCUT2D eigenvalue weighted by Crippen LogP contribution is -2.01. The second kappa shape index (κ2) is 15.4. The number of aromatic nitrogens is 5. The van der Waals surface area contributed by atoms with Gasteiger partial charge in [-0.1, -0.05) is 140 Å². The number of para-hydroxylation sites is 3. The number of allylic oxidation sites excluding steroid dienone is 4. The highest BCUT2D eigenvalue weighted by molar-refractivity contribution is 6.17. The number of benzene rings is 8. The Balaban J connectivity index is 0.969. The molecule has 0 aliphatic heterocycles. The average Bonchev–Trinajstić information content (AvgIpc) is 3.90. The van der Waals surface area contributed by atoms with E-state index in [9.17, 15) is 5.26 Å². The summed E-state index contributed by atoms with van der Waals surface area (Å²) in [5.74, 6) is 1.73. The molecule has 0 unspecified atom stereocenters. The lowest BCUT2D eigenvalue weighted by molar-refractivity contribution is 0.992. The molecule has 0 saturated carbocycles. The molecule has 6 heteroatoms. The van der Waals surface area contributed by atoms with E-state index in [-0.39, 0.29) is 0 Å². The SMILES string of the molecule is N#Cc1ccc(-c2nc(-c3ccccc3)nc(-c3ccccc3)n2)cc1-c1cccc2c1c1ccccc1n2C1=CC=C(c2ccc3c(c2)c2ccccc2n3-c2ccccc2)CC1. The fraction of sp³-hybridized carbons (Fsp3) is 0.0345. The molecule has 300 valence electrons. The van der Waals surface area contributed by atoms with Crippen LogP contribution in [0.1, 0.15) is 24.0 Å². The molecule has 64 heavy (non-hydrogen) atoms. The summed E-state index contributed by atoms with van der Waals surface area (Å²) in [7, 11) is 0. The van der Waals surface area contributed by atoms with E-state index in [0.29, 0.717) is 23.0 Å². The van der Waals surface area contributed by atoms with Crippen molar-refractivity contribution in [2.45, 2.75) is 12.8 Å². The molecule has 1 aliphatic carbocycles. The first-order valence-electron chi connectivity index (χ1n) is 21.6. The first kappa shape index (κ1) is 37.1. The molecule has 0 spiro atoms. The topological polar surface area (TPSA) is 72.3 Å². The van der Waals surface area contributed by atoms with E-state index >= 15 is 0 Å². The fourth-order valence-electron chi connectivity index (χ4n) is 9.58. The molecule has 1 aliphatic rings. The second-order valence-electron chi connectivity index (χ2n) is 16.2. The third kappa shape index (κ3) is 6.21. The Morgan fingerprint density at radius 1 is 0.406 bits per heavy atom. The molecule has 12 rings (SSSR count). The Bertz CT molecular complexity index is 3660. The van der Waals surface area contributed by atoms with Crippen LogP contribution in [-0.4, -0.2) is 24.1 Å². The van der Waals surface area contributed by atoms with Crippen LogP contribution < -0.4 is 0 Å². The number of hydrogen-bond acceptors (Lipinski definition) is 4. The molecule has 3 heterocycles. The lowest BCUT2D eigenvalue weighted by Gasteiger charge is -2.18. The zero-order valence-electron chi connectivity index (χ0n) is 34.7. The van der Waals surface area contributed by atoms with Gasteiger partial charge in [0.2, 0.25) is 0 Å². The summed E-state index contributed by atoms with van der Waals surface area (Å²) in [4.78, 5) is 14.9. The predicted octanol–water partition coefficient (Wildman–Crippen LogP) is 14.3. The maximum Gasteiger partial charge on any atom is 0.164 e. The number of fused-ring (bicyclic) bond motifs is 6. The highest BCUT2D eigenvalue weighted by Gasteiger charge is 2.22. The standard InChI is InChI=1S/C58H38N6/c59-37-43-28-27-42(58-61-56(39-15-4-1-5-16-39)60-57(62-58)40-17-6-2-7-18-40)36-49(43)47-23-14-26-54-55(47)48-22-11-13-25-52(48)64(54)45-32-29-38(30-33-45)41-31-34-53-50(35-41)46-21-10-12-24-51(46)63(53)44-19-8-3-9-20-44/h1-29,31-32,34-36H,30,33H2. The molecule has 0 bridgehead atoms. The van der Waals surface area contributed by atoms with E-state index in [1.165, 1.54) is 38.6 Å². The van der Waals surface area contributed by atoms with E-state index in [4.69, 9.17) is 15.0 Å². The van der Waals surface area contributed by atoms with Gasteiger partial charge < -0.3 is 9.13 Å². The van der Waals surface area contributed by atoms with Gasteiger partial charge in [0.1, 0.15) is 0 Å². The molecule has 8 aromatic carbocycles. The van der Waals surface area contributed by atoms with Crippen molar-refractivity contribution in [3.05, 3.63) is 217 Å². The molecule has 0 N–H and O–H groups in total. The van der Waals surface area contributed by atoms with Crippen molar-refractivity contribution in [1.82, 2.24) is 24.1 Å². The van der Waals surface area contributed by atoms with Gasteiger partial charge in [-0.3, -0.25) is 0 Å². The maximum atomic E-state index is 10.6. The molecule has 0 atom stereocenters. The van der Waals surface area contributed by atoms with Crippen LogP contribution in [0.5, 0.6) is 0 Å². The predicted molar refractivity (Wildman–Crippen MR) is 262 cm³/mol. The minimum absolute atomic E-state index is 0.545. The third-order valence-corrected chi connectivity index (χ3v) is 12.6. The van der Waals surface area contributed by atoms with Crippen molar-refractivity contribution in [3.8, 4) is 57.0 Å². The summed E-state index contributed by atoms with van der Waals surface area (Å²) in [5.41, 5.74) is 14.6. The second-order valence-corrected chi connectivity index (χ2v) is 16.2. The van der Waals surface area contributed by atoms with Gasteiger partial charge in [0.25, 0.3) is 0 Å². The molecule has 3 aromatic heterocycles. The number of rotatable bonds is 7. The van der Waals surface area contributed by atoms with Crippen LogP contribution in [-0.2, 0) is 0 Å². The number of hydrogen-bond donors (Lipinski definition) is 0. The number of nitriles is 1. The van der Waals surface area contributed by atoms with E-state index in [1.807, 2.05) is 72.8 Å². The van der Waals surface area contributed by atoms with Gasteiger partial charge in [-0.15, -0.1) is 0 Å². The van der Waals surface area contributed by atoms with Crippen LogP contribution in [0.2, 0.25) is 0 Å². The van der Waals surface area contributed by atoms with E-state index in [1.54, 1.807) is 0 Å². The normalized spacial score (nSPS) is 12.7. The minimum atomic E-state index is 0.545. The molecular weight excluding hydrogens is 781 g/mol. The number of nitrogens with zero attached hydrogens (tertiary/aromatic N) is 6. The highest BCUT2D eigenvalue weighted by atomic mass is 15.0. The van der Waals surface area contributed by atoms with Crippen molar-refractivity contribution < 1.29 is 0 Å². The summed E-state index contributed by atoms with van der Waals surface area (Å²) in [5, 5.41) is 15.3. The van der Waals surface area contributed by atoms with Gasteiger partial charge in [0, 0.05) is 55.2 Å². The minimum Gasteiger partial charge on any atom is -0.313 e. The fourth-order valence-corrected chi connectivity index (χ4v) is 9.58. The monoisotopic (exact) mass is 818 g/mol. The zero-order valence-corrected chi connectivity index (χ0v) is 34.7. The largest absolute Gasteiger partial charge is 0.313 e. The van der Waals surface area contributed by atoms with E-state index in [2.05, 4.69) is 149 Å². The summed E-state index contributed by atoms with van der Waals surface area (Å²) >= 11 is 0. The lowest BCUT2D eigenvalue weighted by atomic mass is 9.93. The summed E-state index contributed by atoms with van der Waals surface area (Å²) in [6.07, 6.45) is 6.39.